The second-order valence-electron chi connectivity index (χ2n) is 5.84. The molecule has 1 aromatic rings. The molecule has 0 spiro atoms. The van der Waals surface area contributed by atoms with Crippen LogP contribution in [0.2, 0.25) is 0 Å². The van der Waals surface area contributed by atoms with Gasteiger partial charge >= 0.3 is 0 Å². The summed E-state index contributed by atoms with van der Waals surface area (Å²) in [6.45, 7) is 7.50. The van der Waals surface area contributed by atoms with Crippen molar-refractivity contribution in [1.82, 2.24) is 15.1 Å². The smallest absolute Gasteiger partial charge is 0.220 e. The molecule has 0 aliphatic carbocycles. The predicted molar refractivity (Wildman–Crippen MR) is 81.0 cm³/mol. The lowest BCUT2D eigenvalue weighted by atomic mass is 9.94. The number of hydrogen-bond acceptors (Lipinski definition) is 3. The summed E-state index contributed by atoms with van der Waals surface area (Å²) in [4.78, 5) is 12.0. The molecule has 0 aliphatic rings. The summed E-state index contributed by atoms with van der Waals surface area (Å²) < 4.78 is 1.79. The van der Waals surface area contributed by atoms with Gasteiger partial charge in [-0.2, -0.15) is 5.10 Å². The maximum Gasteiger partial charge on any atom is 0.220 e. The number of rotatable bonds is 8. The molecular formula is C15H28N4O. The van der Waals surface area contributed by atoms with E-state index in [2.05, 4.69) is 31.2 Å². The molecule has 1 unspecified atom stereocenters. The van der Waals surface area contributed by atoms with Crippen LogP contribution >= 0.6 is 0 Å². The molecular weight excluding hydrogens is 252 g/mol. The standard InChI is InChI=1S/C15H28N4O/c1-5-14-13(10-19(4)18-14)9-17-15(20)7-12(8-16)6-11(2)3/h10-12H,5-9,16H2,1-4H3,(H,17,20). The van der Waals surface area contributed by atoms with Crippen molar-refractivity contribution < 1.29 is 4.79 Å². The van der Waals surface area contributed by atoms with E-state index in [-0.39, 0.29) is 11.8 Å². The van der Waals surface area contributed by atoms with Crippen LogP contribution < -0.4 is 11.1 Å². The lowest BCUT2D eigenvalue weighted by Gasteiger charge is -2.16. The normalized spacial score (nSPS) is 12.7. The van der Waals surface area contributed by atoms with Gasteiger partial charge in [0.25, 0.3) is 0 Å². The quantitative estimate of drug-likeness (QED) is 0.760. The van der Waals surface area contributed by atoms with Gasteiger partial charge in [-0.3, -0.25) is 9.48 Å². The Bertz CT molecular complexity index is 426. The fourth-order valence-corrected chi connectivity index (χ4v) is 2.49. The summed E-state index contributed by atoms with van der Waals surface area (Å²) in [6, 6.07) is 0. The molecule has 5 nitrogen and oxygen atoms in total. The van der Waals surface area contributed by atoms with Crippen LogP contribution in [0.15, 0.2) is 6.20 Å². The SMILES string of the molecule is CCc1nn(C)cc1CNC(=O)CC(CN)CC(C)C. The van der Waals surface area contributed by atoms with Crippen LogP contribution in [-0.2, 0) is 24.8 Å². The van der Waals surface area contributed by atoms with E-state index in [1.807, 2.05) is 13.2 Å². The average molecular weight is 280 g/mol. The van der Waals surface area contributed by atoms with Crippen molar-refractivity contribution in [2.45, 2.75) is 46.6 Å². The predicted octanol–water partition coefficient (Wildman–Crippen LogP) is 1.61. The molecule has 1 amide bonds. The second-order valence-corrected chi connectivity index (χ2v) is 5.84. The van der Waals surface area contributed by atoms with Gasteiger partial charge in [0.15, 0.2) is 0 Å². The van der Waals surface area contributed by atoms with E-state index in [1.54, 1.807) is 4.68 Å². The van der Waals surface area contributed by atoms with Crippen LogP contribution in [0.4, 0.5) is 0 Å². The Balaban J connectivity index is 2.46. The summed E-state index contributed by atoms with van der Waals surface area (Å²) in [5, 5.41) is 7.35. The van der Waals surface area contributed by atoms with Gasteiger partial charge in [0, 0.05) is 31.8 Å². The molecule has 5 heteroatoms. The maximum absolute atomic E-state index is 12.0. The highest BCUT2D eigenvalue weighted by molar-refractivity contribution is 5.76. The molecule has 1 rings (SSSR count). The number of carbonyl (C=O) groups excluding carboxylic acids is 1. The lowest BCUT2D eigenvalue weighted by molar-refractivity contribution is -0.122. The number of amides is 1. The van der Waals surface area contributed by atoms with Crippen molar-refractivity contribution in [3.8, 4) is 0 Å². The first-order valence-electron chi connectivity index (χ1n) is 7.44. The van der Waals surface area contributed by atoms with Gasteiger partial charge in [0.2, 0.25) is 5.91 Å². The molecule has 114 valence electrons. The van der Waals surface area contributed by atoms with Crippen molar-refractivity contribution in [3.05, 3.63) is 17.5 Å². The van der Waals surface area contributed by atoms with Crippen LogP contribution in [0.25, 0.3) is 0 Å². The van der Waals surface area contributed by atoms with Crippen molar-refractivity contribution in [2.75, 3.05) is 6.54 Å². The Morgan fingerprint density at radius 3 is 2.75 bits per heavy atom. The molecule has 0 bridgehead atoms. The third-order valence-electron chi connectivity index (χ3n) is 3.41. The van der Waals surface area contributed by atoms with Crippen LogP contribution in [0, 0.1) is 11.8 Å². The first-order valence-corrected chi connectivity index (χ1v) is 7.44. The van der Waals surface area contributed by atoms with Crippen LogP contribution in [-0.4, -0.2) is 22.2 Å². The van der Waals surface area contributed by atoms with Crippen molar-refractivity contribution in [1.29, 1.82) is 0 Å². The first-order chi connectivity index (χ1) is 9.46. The highest BCUT2D eigenvalue weighted by Gasteiger charge is 2.14. The Labute approximate surface area is 121 Å². The molecule has 0 aromatic carbocycles. The highest BCUT2D eigenvalue weighted by Crippen LogP contribution is 2.14. The van der Waals surface area contributed by atoms with Gasteiger partial charge in [-0.05, 0) is 31.2 Å². The Morgan fingerprint density at radius 2 is 2.20 bits per heavy atom. The van der Waals surface area contributed by atoms with Gasteiger partial charge < -0.3 is 11.1 Å². The van der Waals surface area contributed by atoms with Gasteiger partial charge in [0.1, 0.15) is 0 Å². The van der Waals surface area contributed by atoms with Crippen LogP contribution in [0.5, 0.6) is 0 Å². The number of nitrogens with one attached hydrogen (secondary N) is 1. The van der Waals surface area contributed by atoms with Gasteiger partial charge in [0.05, 0.1) is 5.69 Å². The Hall–Kier alpha value is -1.36. The number of carbonyl (C=O) groups is 1. The van der Waals surface area contributed by atoms with Crippen LogP contribution in [0.1, 0.15) is 44.9 Å². The largest absolute Gasteiger partial charge is 0.352 e. The Morgan fingerprint density at radius 1 is 1.50 bits per heavy atom. The monoisotopic (exact) mass is 280 g/mol. The van der Waals surface area contributed by atoms with Crippen molar-refractivity contribution in [2.24, 2.45) is 24.6 Å². The zero-order valence-electron chi connectivity index (χ0n) is 13.1. The average Bonchev–Trinajstić information content (AvgIpc) is 2.75. The summed E-state index contributed by atoms with van der Waals surface area (Å²) in [5.74, 6) is 0.919. The van der Waals surface area contributed by atoms with Crippen molar-refractivity contribution in [3.63, 3.8) is 0 Å². The van der Waals surface area contributed by atoms with E-state index in [1.165, 1.54) is 0 Å². The maximum atomic E-state index is 12.0. The molecule has 3 N–H and O–H groups in total. The molecule has 20 heavy (non-hydrogen) atoms. The van der Waals surface area contributed by atoms with E-state index in [0.29, 0.717) is 25.4 Å². The topological polar surface area (TPSA) is 72.9 Å². The van der Waals surface area contributed by atoms with Crippen LogP contribution in [0.3, 0.4) is 0 Å². The van der Waals surface area contributed by atoms with E-state index < -0.39 is 0 Å². The minimum atomic E-state index is 0.0759. The number of aromatic nitrogens is 2. The van der Waals surface area contributed by atoms with Crippen molar-refractivity contribution >= 4 is 5.91 Å². The third-order valence-corrected chi connectivity index (χ3v) is 3.41. The third kappa shape index (κ3) is 5.33. The highest BCUT2D eigenvalue weighted by atomic mass is 16.1. The molecule has 0 fully saturated rings. The second kappa shape index (κ2) is 8.04. The number of nitrogens with two attached hydrogens (primary N) is 1. The summed E-state index contributed by atoms with van der Waals surface area (Å²) >= 11 is 0. The fourth-order valence-electron chi connectivity index (χ4n) is 2.49. The fraction of sp³-hybridized carbons (Fsp3) is 0.733. The van der Waals surface area contributed by atoms with E-state index in [9.17, 15) is 4.79 Å². The zero-order valence-corrected chi connectivity index (χ0v) is 13.1. The number of nitrogens with zero attached hydrogens (tertiary/aromatic N) is 2. The molecule has 1 aromatic heterocycles. The molecule has 0 saturated carbocycles. The van der Waals surface area contributed by atoms with Gasteiger partial charge in [-0.15, -0.1) is 0 Å². The zero-order chi connectivity index (χ0) is 15.1. The molecule has 0 radical (unpaired) electrons. The first kappa shape index (κ1) is 16.7. The Kier molecular flexibility index (Phi) is 6.71. The summed E-state index contributed by atoms with van der Waals surface area (Å²) in [6.07, 6.45) is 4.35. The molecule has 0 saturated heterocycles. The molecule has 1 atom stereocenters. The summed E-state index contributed by atoms with van der Waals surface area (Å²) in [5.41, 5.74) is 7.87. The number of hydrogen-bond donors (Lipinski definition) is 2. The van der Waals surface area contributed by atoms with Gasteiger partial charge in [-0.25, -0.2) is 0 Å². The van der Waals surface area contributed by atoms with E-state index in [0.717, 1.165) is 24.1 Å². The lowest BCUT2D eigenvalue weighted by Crippen LogP contribution is -2.28. The molecule has 0 aliphatic heterocycles. The minimum Gasteiger partial charge on any atom is -0.352 e. The molecule has 1 heterocycles. The van der Waals surface area contributed by atoms with E-state index >= 15 is 0 Å². The number of aryl methyl sites for hydroxylation is 2. The van der Waals surface area contributed by atoms with E-state index in [4.69, 9.17) is 5.73 Å². The van der Waals surface area contributed by atoms with Gasteiger partial charge in [-0.1, -0.05) is 20.8 Å². The summed E-state index contributed by atoms with van der Waals surface area (Å²) in [7, 11) is 1.90. The minimum absolute atomic E-state index is 0.0759.